The van der Waals surface area contributed by atoms with Crippen LogP contribution in [0.2, 0.25) is 0 Å². The predicted molar refractivity (Wildman–Crippen MR) is 332 cm³/mol. The van der Waals surface area contributed by atoms with Gasteiger partial charge in [-0.3, -0.25) is 0 Å². The number of nitrogens with zero attached hydrogens (tertiary/aromatic N) is 8. The number of hydrogen-bond acceptors (Lipinski definition) is 14. The minimum absolute atomic E-state index is 0.0961. The number of hydrogen-bond donors (Lipinski definition) is 0. The maximum absolute atomic E-state index is 14.9. The summed E-state index contributed by atoms with van der Waals surface area (Å²) in [5.41, 5.74) is -4.18. The maximum Gasteiger partial charge on any atom is 0.432 e. The van der Waals surface area contributed by atoms with Crippen molar-refractivity contribution in [2.24, 2.45) is 0 Å². The second-order valence-electron chi connectivity index (χ2n) is 20.5. The Kier molecular flexibility index (Phi) is 21.4. The molecule has 4 heterocycles. The predicted octanol–water partition coefficient (Wildman–Crippen LogP) is 17.6. The van der Waals surface area contributed by atoms with Gasteiger partial charge in [-0.05, 0) is 136 Å². The molecular formula is C68H60F6N8O4S2. The second-order valence-corrected chi connectivity index (χ2v) is 22.8. The fourth-order valence-corrected chi connectivity index (χ4v) is 11.8. The highest BCUT2D eigenvalue weighted by Gasteiger charge is 2.62. The number of anilines is 2. The van der Waals surface area contributed by atoms with Crippen LogP contribution >= 0.6 is 22.7 Å². The number of rotatable bonds is 23. The highest BCUT2D eigenvalue weighted by atomic mass is 32.1. The molecule has 0 radical (unpaired) electrons. The maximum atomic E-state index is 14.9. The summed E-state index contributed by atoms with van der Waals surface area (Å²) in [4.78, 5) is 7.06. The smallest absolute Gasteiger partial charge is 0.432 e. The lowest BCUT2D eigenvalue weighted by molar-refractivity contribution is -0.236. The van der Waals surface area contributed by atoms with Gasteiger partial charge in [-0.1, -0.05) is 58.0 Å². The lowest BCUT2D eigenvalue weighted by Crippen LogP contribution is -2.43. The van der Waals surface area contributed by atoms with Crippen LogP contribution in [0.5, 0.6) is 11.5 Å². The molecule has 450 valence electrons. The average molecular weight is 1230 g/mol. The summed E-state index contributed by atoms with van der Waals surface area (Å²) >= 11 is 2.54. The van der Waals surface area contributed by atoms with Crippen LogP contribution in [0.4, 0.5) is 37.7 Å². The minimum Gasteiger partial charge on any atom is -0.496 e. The molecule has 2 aliphatic heterocycles. The van der Waals surface area contributed by atoms with E-state index in [1.54, 1.807) is 43.5 Å². The zero-order chi connectivity index (χ0) is 64.0. The topological polar surface area (TPSA) is 186 Å². The lowest BCUT2D eigenvalue weighted by atomic mass is 9.92. The molecular weight excluding hydrogens is 1170 g/mol. The molecule has 0 amide bonds. The first kappa shape index (κ1) is 65.8. The van der Waals surface area contributed by atoms with Gasteiger partial charge in [0.15, 0.2) is 22.7 Å². The Morgan fingerprint density at radius 1 is 0.545 bits per heavy atom. The Bertz CT molecular complexity index is 3940. The van der Waals surface area contributed by atoms with Crippen LogP contribution in [0, 0.1) is 68.0 Å². The Morgan fingerprint density at radius 2 is 1.00 bits per heavy atom. The van der Waals surface area contributed by atoms with Crippen molar-refractivity contribution in [3.8, 4) is 59.0 Å². The highest BCUT2D eigenvalue weighted by Crippen LogP contribution is 2.51. The number of alkyl halides is 6. The highest BCUT2D eigenvalue weighted by molar-refractivity contribution is 7.14. The summed E-state index contributed by atoms with van der Waals surface area (Å²) in [7, 11) is 1.60. The molecule has 2 unspecified atom stereocenters. The molecule has 20 heteroatoms. The van der Waals surface area contributed by atoms with Crippen LogP contribution in [0.15, 0.2) is 136 Å². The summed E-state index contributed by atoms with van der Waals surface area (Å²) in [6.45, 7) is 13.4. The molecule has 12 nitrogen and oxygen atoms in total. The summed E-state index contributed by atoms with van der Waals surface area (Å²) in [5, 5.41) is 58.1. The van der Waals surface area contributed by atoms with Gasteiger partial charge in [-0.25, -0.2) is 0 Å². The third kappa shape index (κ3) is 14.2. The summed E-state index contributed by atoms with van der Waals surface area (Å²) in [6.07, 6.45) is 6.28. The molecule has 0 aliphatic carbocycles. The van der Waals surface area contributed by atoms with Crippen LogP contribution in [0.3, 0.4) is 0 Å². The van der Waals surface area contributed by atoms with E-state index in [2.05, 4.69) is 37.5 Å². The van der Waals surface area contributed by atoms with E-state index < -0.39 is 68.5 Å². The van der Waals surface area contributed by atoms with E-state index >= 15 is 0 Å². The van der Waals surface area contributed by atoms with Gasteiger partial charge in [0, 0.05) is 97.0 Å². The average Bonchev–Trinajstić information content (AvgIpc) is 2.74. The van der Waals surface area contributed by atoms with Crippen molar-refractivity contribution in [3.63, 3.8) is 0 Å². The van der Waals surface area contributed by atoms with Gasteiger partial charge in [0.25, 0.3) is 0 Å². The first-order valence-electron chi connectivity index (χ1n) is 28.0. The minimum atomic E-state index is -5.06. The van der Waals surface area contributed by atoms with Gasteiger partial charge in [0.1, 0.15) is 65.7 Å². The van der Waals surface area contributed by atoms with Crippen LogP contribution in [0.25, 0.3) is 47.6 Å². The standard InChI is InChI=1S/C68H60F6N8O4S2/c1-8-29-81(30-9-2)50-19-15-45(60(34-50)83-7)18-28-62-55(36-54(88-62)25-27-59-57(42-80)64(49(39-77)40-78)86-66(59,6)68(72,73)74)47-14-12-13-44(33-47)43-84-61-35-51(82(31-10-3)32-11-4)20-16-46(61)17-21-52-22-23-53(87-52)24-26-58-56(41-79)63(48(37-75)38-76)85-65(58,5)67(69,70)71/h12-28,33-36H,8-11,29-32,43H2,1-7H3/b21-17+,26-24+,27-25+,28-18+. The summed E-state index contributed by atoms with van der Waals surface area (Å²) < 4.78 is 111. The van der Waals surface area contributed by atoms with Crippen LogP contribution in [0.1, 0.15) is 103 Å². The van der Waals surface area contributed by atoms with Gasteiger partial charge in [-0.2, -0.15) is 57.9 Å². The molecule has 88 heavy (non-hydrogen) atoms. The number of nitriles is 6. The third-order valence-corrected chi connectivity index (χ3v) is 16.6. The number of benzene rings is 3. The molecule has 2 aliphatic rings. The molecule has 0 bridgehead atoms. The van der Waals surface area contributed by atoms with Gasteiger partial charge in [-0.15, -0.1) is 22.7 Å². The monoisotopic (exact) mass is 1230 g/mol. The zero-order valence-electron chi connectivity index (χ0n) is 49.3. The molecule has 0 saturated carbocycles. The summed E-state index contributed by atoms with van der Waals surface area (Å²) in [5.74, 6) is -0.290. The number of halogens is 6. The van der Waals surface area contributed by atoms with Crippen molar-refractivity contribution in [2.75, 3.05) is 43.1 Å². The van der Waals surface area contributed by atoms with Crippen LogP contribution < -0.4 is 19.3 Å². The van der Waals surface area contributed by atoms with E-state index in [9.17, 15) is 57.9 Å². The number of ether oxygens (including phenoxy) is 4. The van der Waals surface area contributed by atoms with E-state index in [-0.39, 0.29) is 6.61 Å². The number of allylic oxidation sites excluding steroid dienone is 4. The zero-order valence-corrected chi connectivity index (χ0v) is 50.9. The van der Waals surface area contributed by atoms with Gasteiger partial charge >= 0.3 is 12.4 Å². The first-order chi connectivity index (χ1) is 42.1. The quantitative estimate of drug-likeness (QED) is 0.0446. The summed E-state index contributed by atoms with van der Waals surface area (Å²) in [6, 6.07) is 34.4. The molecule has 0 spiro atoms. The van der Waals surface area contributed by atoms with Gasteiger partial charge < -0.3 is 28.7 Å². The Hall–Kier alpha value is -9.70. The molecule has 2 atom stereocenters. The Balaban J connectivity index is 1.26. The SMILES string of the molecule is CCCN(CCC)c1ccc(/C=C/c2sc(/C=C/C3=C(C#N)C(=C(C#N)C#N)OC3(C)C(F)(F)F)cc2-c2cccc(COc3cc(N(CCC)CCC)ccc3/C=C/c3ccc(/C=C/C4=C(C#N)C(=C(C#N)C#N)OC4(C)C(F)(F)F)s3)c2)c(OC)c1. The molecule has 2 aromatic heterocycles. The molecule has 7 rings (SSSR count). The normalized spacial score (nSPS) is 16.8. The largest absolute Gasteiger partial charge is 0.496 e. The molecule has 3 aromatic carbocycles. The molecule has 0 N–H and O–H groups in total. The number of thiophene rings is 2. The van der Waals surface area contributed by atoms with Gasteiger partial charge in [0.2, 0.25) is 11.2 Å². The van der Waals surface area contributed by atoms with E-state index in [1.165, 1.54) is 47.0 Å². The van der Waals surface area contributed by atoms with E-state index in [4.69, 9.17) is 18.9 Å². The van der Waals surface area contributed by atoms with Crippen molar-refractivity contribution >= 4 is 70.5 Å². The Labute approximate surface area is 516 Å². The van der Waals surface area contributed by atoms with Gasteiger partial charge in [0.05, 0.1) is 7.11 Å². The molecule has 0 fully saturated rings. The fourth-order valence-electron chi connectivity index (χ4n) is 9.97. The third-order valence-electron chi connectivity index (χ3n) is 14.5. The van der Waals surface area contributed by atoms with Crippen molar-refractivity contribution in [1.29, 1.82) is 31.6 Å². The number of methoxy groups -OCH3 is 1. The molecule has 0 saturated heterocycles. The van der Waals surface area contributed by atoms with Crippen molar-refractivity contribution in [2.45, 2.75) is 97.4 Å². The van der Waals surface area contributed by atoms with E-state index in [1.807, 2.05) is 91.0 Å². The lowest BCUT2D eigenvalue weighted by Gasteiger charge is -2.28. The Morgan fingerprint density at radius 3 is 1.45 bits per heavy atom. The van der Waals surface area contributed by atoms with Crippen molar-refractivity contribution in [1.82, 2.24) is 0 Å². The van der Waals surface area contributed by atoms with Crippen molar-refractivity contribution < 1.29 is 45.3 Å². The second kappa shape index (κ2) is 28.7. The van der Waals surface area contributed by atoms with E-state index in [0.717, 1.165) is 121 Å². The van der Waals surface area contributed by atoms with Crippen LogP contribution in [-0.2, 0) is 16.1 Å². The molecule has 5 aromatic rings. The van der Waals surface area contributed by atoms with E-state index in [0.29, 0.717) is 26.8 Å². The fraction of sp³-hybridized carbons (Fsp3) is 0.294. The van der Waals surface area contributed by atoms with Crippen molar-refractivity contribution in [3.05, 3.63) is 172 Å². The van der Waals surface area contributed by atoms with Crippen LogP contribution in [-0.4, -0.2) is 56.8 Å². The first-order valence-corrected chi connectivity index (χ1v) is 29.7.